The molecule has 0 fully saturated rings. The lowest BCUT2D eigenvalue weighted by atomic mass is 10.1. The number of anilines is 1. The van der Waals surface area contributed by atoms with Crippen molar-refractivity contribution in [3.8, 4) is 0 Å². The standard InChI is InChI=1S/C15H18N2OS/c1-11(16-9-13-6-7-19-10-13)14-4-3-5-15(8-14)17-12(2)18/h3-8,10-11,16H,9H2,1-2H3,(H,17,18)/t11-/m1/s1. The number of nitrogens with one attached hydrogen (secondary N) is 2. The molecular formula is C15H18N2OS. The zero-order valence-corrected chi connectivity index (χ0v) is 12.0. The maximum absolute atomic E-state index is 11.0. The Morgan fingerprint density at radius 3 is 2.89 bits per heavy atom. The molecule has 2 rings (SSSR count). The van der Waals surface area contributed by atoms with E-state index in [4.69, 9.17) is 0 Å². The zero-order valence-electron chi connectivity index (χ0n) is 11.1. The van der Waals surface area contributed by atoms with Gasteiger partial charge in [0.1, 0.15) is 0 Å². The number of carbonyl (C=O) groups excluding carboxylic acids is 1. The summed E-state index contributed by atoms with van der Waals surface area (Å²) in [5.74, 6) is -0.0453. The molecule has 0 unspecified atom stereocenters. The van der Waals surface area contributed by atoms with Crippen LogP contribution in [-0.4, -0.2) is 5.91 Å². The van der Waals surface area contributed by atoms with Gasteiger partial charge in [-0.25, -0.2) is 0 Å². The molecule has 19 heavy (non-hydrogen) atoms. The fourth-order valence-corrected chi connectivity index (χ4v) is 2.54. The highest BCUT2D eigenvalue weighted by Crippen LogP contribution is 2.18. The van der Waals surface area contributed by atoms with Gasteiger partial charge < -0.3 is 10.6 Å². The van der Waals surface area contributed by atoms with Gasteiger partial charge in [-0.05, 0) is 47.0 Å². The van der Waals surface area contributed by atoms with E-state index in [0.29, 0.717) is 0 Å². The van der Waals surface area contributed by atoms with E-state index < -0.39 is 0 Å². The van der Waals surface area contributed by atoms with E-state index >= 15 is 0 Å². The summed E-state index contributed by atoms with van der Waals surface area (Å²) in [4.78, 5) is 11.0. The first-order valence-electron chi connectivity index (χ1n) is 6.27. The van der Waals surface area contributed by atoms with E-state index in [1.54, 1.807) is 11.3 Å². The van der Waals surface area contributed by atoms with Crippen molar-refractivity contribution in [2.45, 2.75) is 26.4 Å². The summed E-state index contributed by atoms with van der Waals surface area (Å²) < 4.78 is 0. The predicted octanol–water partition coefficient (Wildman–Crippen LogP) is 3.56. The lowest BCUT2D eigenvalue weighted by Crippen LogP contribution is -2.18. The summed E-state index contributed by atoms with van der Waals surface area (Å²) in [7, 11) is 0. The van der Waals surface area contributed by atoms with Crippen molar-refractivity contribution in [2.75, 3.05) is 5.32 Å². The van der Waals surface area contributed by atoms with Crippen molar-refractivity contribution >= 4 is 22.9 Å². The van der Waals surface area contributed by atoms with Crippen LogP contribution in [0.5, 0.6) is 0 Å². The van der Waals surface area contributed by atoms with Crippen molar-refractivity contribution in [3.05, 3.63) is 52.2 Å². The lowest BCUT2D eigenvalue weighted by Gasteiger charge is -2.15. The second-order valence-corrected chi connectivity index (χ2v) is 5.32. The van der Waals surface area contributed by atoms with Crippen LogP contribution in [0, 0.1) is 0 Å². The van der Waals surface area contributed by atoms with E-state index in [0.717, 1.165) is 12.2 Å². The Morgan fingerprint density at radius 2 is 2.21 bits per heavy atom. The molecule has 1 atom stereocenters. The van der Waals surface area contributed by atoms with Gasteiger partial charge in [0.25, 0.3) is 0 Å². The number of amides is 1. The van der Waals surface area contributed by atoms with Crippen LogP contribution in [0.2, 0.25) is 0 Å². The second kappa shape index (κ2) is 6.50. The Hall–Kier alpha value is -1.65. The summed E-state index contributed by atoms with van der Waals surface area (Å²) in [5.41, 5.74) is 3.31. The van der Waals surface area contributed by atoms with Gasteiger partial charge in [-0.15, -0.1) is 0 Å². The van der Waals surface area contributed by atoms with Crippen LogP contribution in [-0.2, 0) is 11.3 Å². The summed E-state index contributed by atoms with van der Waals surface area (Å²) in [6.45, 7) is 4.50. The first-order chi connectivity index (χ1) is 9.15. The molecule has 0 saturated heterocycles. The Kier molecular flexibility index (Phi) is 4.71. The highest BCUT2D eigenvalue weighted by Gasteiger charge is 2.06. The second-order valence-electron chi connectivity index (χ2n) is 4.54. The van der Waals surface area contributed by atoms with Crippen LogP contribution in [0.3, 0.4) is 0 Å². The third-order valence-electron chi connectivity index (χ3n) is 2.90. The first kappa shape index (κ1) is 13.8. The molecule has 0 spiro atoms. The van der Waals surface area contributed by atoms with E-state index in [9.17, 15) is 4.79 Å². The smallest absolute Gasteiger partial charge is 0.221 e. The minimum absolute atomic E-state index is 0.0453. The van der Waals surface area contributed by atoms with Gasteiger partial charge in [-0.1, -0.05) is 12.1 Å². The maximum Gasteiger partial charge on any atom is 0.221 e. The molecule has 0 radical (unpaired) electrons. The number of benzene rings is 1. The molecular weight excluding hydrogens is 256 g/mol. The van der Waals surface area contributed by atoms with Gasteiger partial charge in [0.2, 0.25) is 5.91 Å². The summed E-state index contributed by atoms with van der Waals surface area (Å²) in [5, 5.41) is 10.5. The van der Waals surface area contributed by atoms with Crippen LogP contribution in [0.4, 0.5) is 5.69 Å². The monoisotopic (exact) mass is 274 g/mol. The normalized spacial score (nSPS) is 12.1. The van der Waals surface area contributed by atoms with Crippen molar-refractivity contribution in [1.82, 2.24) is 5.32 Å². The van der Waals surface area contributed by atoms with E-state index in [2.05, 4.69) is 40.5 Å². The minimum Gasteiger partial charge on any atom is -0.326 e. The van der Waals surface area contributed by atoms with Crippen LogP contribution < -0.4 is 10.6 Å². The van der Waals surface area contributed by atoms with E-state index in [-0.39, 0.29) is 11.9 Å². The van der Waals surface area contributed by atoms with Crippen molar-refractivity contribution in [3.63, 3.8) is 0 Å². The van der Waals surface area contributed by atoms with Gasteiger partial charge in [0.15, 0.2) is 0 Å². The summed E-state index contributed by atoms with van der Waals surface area (Å²) >= 11 is 1.71. The Morgan fingerprint density at radius 1 is 1.37 bits per heavy atom. The lowest BCUT2D eigenvalue weighted by molar-refractivity contribution is -0.114. The molecule has 0 aliphatic heterocycles. The molecule has 0 aliphatic carbocycles. The highest BCUT2D eigenvalue weighted by atomic mass is 32.1. The van der Waals surface area contributed by atoms with Crippen LogP contribution in [0.25, 0.3) is 0 Å². The molecule has 1 aromatic heterocycles. The van der Waals surface area contributed by atoms with Crippen LogP contribution in [0.15, 0.2) is 41.1 Å². The third kappa shape index (κ3) is 4.19. The molecule has 100 valence electrons. The molecule has 2 aromatic rings. The predicted molar refractivity (Wildman–Crippen MR) is 80.3 cm³/mol. The number of rotatable bonds is 5. The average molecular weight is 274 g/mol. The quantitative estimate of drug-likeness (QED) is 0.875. The topological polar surface area (TPSA) is 41.1 Å². The van der Waals surface area contributed by atoms with Gasteiger partial charge in [0, 0.05) is 25.2 Å². The van der Waals surface area contributed by atoms with Gasteiger partial charge in [0.05, 0.1) is 0 Å². The Labute approximate surface area is 117 Å². The number of hydrogen-bond donors (Lipinski definition) is 2. The molecule has 4 heteroatoms. The molecule has 0 aliphatic rings. The Balaban J connectivity index is 1.98. The van der Waals surface area contributed by atoms with Crippen molar-refractivity contribution in [1.29, 1.82) is 0 Å². The summed E-state index contributed by atoms with van der Waals surface area (Å²) in [6.07, 6.45) is 0. The highest BCUT2D eigenvalue weighted by molar-refractivity contribution is 7.07. The summed E-state index contributed by atoms with van der Waals surface area (Å²) in [6, 6.07) is 10.3. The number of hydrogen-bond acceptors (Lipinski definition) is 3. The first-order valence-corrected chi connectivity index (χ1v) is 7.21. The molecule has 2 N–H and O–H groups in total. The number of carbonyl (C=O) groups is 1. The molecule has 1 aromatic carbocycles. The van der Waals surface area contributed by atoms with Crippen LogP contribution >= 0.6 is 11.3 Å². The fraction of sp³-hybridized carbons (Fsp3) is 0.267. The fourth-order valence-electron chi connectivity index (χ4n) is 1.87. The van der Waals surface area contributed by atoms with Crippen molar-refractivity contribution < 1.29 is 4.79 Å². The van der Waals surface area contributed by atoms with Gasteiger partial charge in [-0.3, -0.25) is 4.79 Å². The molecule has 1 heterocycles. The van der Waals surface area contributed by atoms with Gasteiger partial charge >= 0.3 is 0 Å². The van der Waals surface area contributed by atoms with Crippen LogP contribution in [0.1, 0.15) is 31.0 Å². The van der Waals surface area contributed by atoms with E-state index in [1.165, 1.54) is 18.1 Å². The Bertz CT molecular complexity index is 537. The average Bonchev–Trinajstić information content (AvgIpc) is 2.88. The molecule has 1 amide bonds. The molecule has 0 saturated carbocycles. The molecule has 0 bridgehead atoms. The van der Waals surface area contributed by atoms with E-state index in [1.807, 2.05) is 18.2 Å². The molecule has 3 nitrogen and oxygen atoms in total. The maximum atomic E-state index is 11.0. The van der Waals surface area contributed by atoms with Crippen molar-refractivity contribution in [2.24, 2.45) is 0 Å². The third-order valence-corrected chi connectivity index (χ3v) is 3.63. The zero-order chi connectivity index (χ0) is 13.7. The van der Waals surface area contributed by atoms with Gasteiger partial charge in [-0.2, -0.15) is 11.3 Å². The number of thiophene rings is 1. The SMILES string of the molecule is CC(=O)Nc1cccc([C@@H](C)NCc2ccsc2)c1. The largest absolute Gasteiger partial charge is 0.326 e. The minimum atomic E-state index is -0.0453.